The Morgan fingerprint density at radius 2 is 1.80 bits per heavy atom. The van der Waals surface area contributed by atoms with E-state index in [-0.39, 0.29) is 5.91 Å². The number of aromatic nitrogens is 1. The highest BCUT2D eigenvalue weighted by Crippen LogP contribution is 2.27. The van der Waals surface area contributed by atoms with Gasteiger partial charge in [0.05, 0.1) is 12.8 Å². The predicted molar refractivity (Wildman–Crippen MR) is 96.4 cm³/mol. The summed E-state index contributed by atoms with van der Waals surface area (Å²) in [5, 5.41) is 2.88. The second-order valence-corrected chi connectivity index (χ2v) is 5.47. The van der Waals surface area contributed by atoms with E-state index in [2.05, 4.69) is 10.3 Å². The lowest BCUT2D eigenvalue weighted by Crippen LogP contribution is -2.12. The van der Waals surface area contributed by atoms with Crippen LogP contribution < -0.4 is 14.8 Å². The molecule has 1 N–H and O–H groups in total. The molecule has 0 unspecified atom stereocenters. The predicted octanol–water partition coefficient (Wildman–Crippen LogP) is 4.44. The van der Waals surface area contributed by atoms with Crippen molar-refractivity contribution in [2.45, 2.75) is 6.92 Å². The third-order valence-corrected chi connectivity index (χ3v) is 3.58. The maximum absolute atomic E-state index is 12.6. The van der Waals surface area contributed by atoms with Gasteiger partial charge in [-0.05, 0) is 55.0 Å². The van der Waals surface area contributed by atoms with Gasteiger partial charge in [0.25, 0.3) is 5.91 Å². The van der Waals surface area contributed by atoms with E-state index in [4.69, 9.17) is 9.47 Å². The van der Waals surface area contributed by atoms with Crippen molar-refractivity contribution in [1.82, 2.24) is 4.98 Å². The van der Waals surface area contributed by atoms with E-state index in [9.17, 15) is 4.79 Å². The Labute approximate surface area is 146 Å². The van der Waals surface area contributed by atoms with Crippen LogP contribution in [0.4, 0.5) is 5.69 Å². The highest BCUT2D eigenvalue weighted by molar-refractivity contribution is 6.05. The standard InChI is InChI=1S/C20H18N2O3/c1-14-6-7-19(24-2)18(12-14)22-20(23)15-4-3-5-17(13-15)25-16-8-10-21-11-9-16/h3-13H,1-2H3,(H,22,23). The van der Waals surface area contributed by atoms with Gasteiger partial charge in [0.15, 0.2) is 0 Å². The fraction of sp³-hybridized carbons (Fsp3) is 0.100. The zero-order valence-electron chi connectivity index (χ0n) is 14.0. The number of nitrogens with one attached hydrogen (secondary N) is 1. The molecule has 5 heteroatoms. The van der Waals surface area contributed by atoms with Gasteiger partial charge in [-0.2, -0.15) is 0 Å². The Bertz CT molecular complexity index is 879. The second-order valence-electron chi connectivity index (χ2n) is 5.47. The van der Waals surface area contributed by atoms with E-state index in [1.807, 2.05) is 25.1 Å². The molecule has 0 saturated carbocycles. The van der Waals surface area contributed by atoms with Gasteiger partial charge in [-0.25, -0.2) is 0 Å². The number of nitrogens with zero attached hydrogens (tertiary/aromatic N) is 1. The lowest BCUT2D eigenvalue weighted by Gasteiger charge is -2.12. The number of anilines is 1. The highest BCUT2D eigenvalue weighted by atomic mass is 16.5. The molecule has 126 valence electrons. The largest absolute Gasteiger partial charge is 0.495 e. The molecule has 0 spiro atoms. The van der Waals surface area contributed by atoms with Crippen molar-refractivity contribution in [3.05, 3.63) is 78.1 Å². The number of carbonyl (C=O) groups excluding carboxylic acids is 1. The quantitative estimate of drug-likeness (QED) is 0.749. The lowest BCUT2D eigenvalue weighted by atomic mass is 10.1. The minimum absolute atomic E-state index is 0.232. The Morgan fingerprint density at radius 1 is 1.00 bits per heavy atom. The van der Waals surface area contributed by atoms with Crippen LogP contribution in [0.25, 0.3) is 0 Å². The lowest BCUT2D eigenvalue weighted by molar-refractivity contribution is 0.102. The third kappa shape index (κ3) is 4.14. The summed E-state index contributed by atoms with van der Waals surface area (Å²) in [5.74, 6) is 1.62. The first kappa shape index (κ1) is 16.5. The molecule has 0 saturated heterocycles. The number of hydrogen-bond acceptors (Lipinski definition) is 4. The van der Waals surface area contributed by atoms with Gasteiger partial charge in [0.2, 0.25) is 0 Å². The molecule has 25 heavy (non-hydrogen) atoms. The van der Waals surface area contributed by atoms with E-state index in [1.54, 1.807) is 55.9 Å². The van der Waals surface area contributed by atoms with Crippen molar-refractivity contribution in [2.75, 3.05) is 12.4 Å². The van der Waals surface area contributed by atoms with E-state index >= 15 is 0 Å². The number of aryl methyl sites for hydroxylation is 1. The average Bonchev–Trinajstić information content (AvgIpc) is 2.63. The molecule has 0 fully saturated rings. The summed E-state index contributed by atoms with van der Waals surface area (Å²) < 4.78 is 11.0. The SMILES string of the molecule is COc1ccc(C)cc1NC(=O)c1cccc(Oc2ccncc2)c1. The Morgan fingerprint density at radius 3 is 2.56 bits per heavy atom. The molecular weight excluding hydrogens is 316 g/mol. The summed E-state index contributed by atoms with van der Waals surface area (Å²) in [5.41, 5.74) is 2.16. The molecule has 0 aliphatic heterocycles. The molecule has 2 aromatic carbocycles. The number of pyridine rings is 1. The molecule has 1 heterocycles. The van der Waals surface area contributed by atoms with Crippen LogP contribution in [0, 0.1) is 6.92 Å². The summed E-state index contributed by atoms with van der Waals surface area (Å²) in [7, 11) is 1.57. The first-order chi connectivity index (χ1) is 12.2. The fourth-order valence-corrected chi connectivity index (χ4v) is 2.36. The molecule has 1 amide bonds. The van der Waals surface area contributed by atoms with Gasteiger partial charge in [-0.15, -0.1) is 0 Å². The Balaban J connectivity index is 1.79. The number of amides is 1. The van der Waals surface area contributed by atoms with E-state index in [1.165, 1.54) is 0 Å². The van der Waals surface area contributed by atoms with Crippen molar-refractivity contribution in [3.8, 4) is 17.2 Å². The summed E-state index contributed by atoms with van der Waals surface area (Å²) in [6.07, 6.45) is 3.30. The number of hydrogen-bond donors (Lipinski definition) is 1. The summed E-state index contributed by atoms with van der Waals surface area (Å²) >= 11 is 0. The second kappa shape index (κ2) is 7.49. The van der Waals surface area contributed by atoms with Crippen molar-refractivity contribution in [2.24, 2.45) is 0 Å². The first-order valence-electron chi connectivity index (χ1n) is 7.79. The number of ether oxygens (including phenoxy) is 2. The highest BCUT2D eigenvalue weighted by Gasteiger charge is 2.11. The molecule has 1 aromatic heterocycles. The van der Waals surface area contributed by atoms with E-state index in [0.29, 0.717) is 28.5 Å². The number of rotatable bonds is 5. The molecular formula is C20H18N2O3. The molecule has 0 bridgehead atoms. The van der Waals surface area contributed by atoms with Crippen LogP contribution in [0.1, 0.15) is 15.9 Å². The minimum atomic E-state index is -0.232. The molecule has 0 aliphatic carbocycles. The fourth-order valence-electron chi connectivity index (χ4n) is 2.36. The number of carbonyl (C=O) groups is 1. The van der Waals surface area contributed by atoms with Crippen molar-refractivity contribution in [3.63, 3.8) is 0 Å². The third-order valence-electron chi connectivity index (χ3n) is 3.58. The summed E-state index contributed by atoms with van der Waals surface area (Å²) in [4.78, 5) is 16.5. The molecule has 5 nitrogen and oxygen atoms in total. The minimum Gasteiger partial charge on any atom is -0.495 e. The van der Waals surface area contributed by atoms with Gasteiger partial charge in [-0.3, -0.25) is 9.78 Å². The molecule has 0 atom stereocenters. The first-order valence-corrected chi connectivity index (χ1v) is 7.79. The Hall–Kier alpha value is -3.34. The number of methoxy groups -OCH3 is 1. The van der Waals surface area contributed by atoms with E-state index in [0.717, 1.165) is 5.56 Å². The Kier molecular flexibility index (Phi) is 4.95. The van der Waals surface area contributed by atoms with Crippen molar-refractivity contribution < 1.29 is 14.3 Å². The smallest absolute Gasteiger partial charge is 0.255 e. The van der Waals surface area contributed by atoms with Gasteiger partial charge in [0.1, 0.15) is 17.2 Å². The zero-order valence-corrected chi connectivity index (χ0v) is 14.0. The molecule has 3 aromatic rings. The monoisotopic (exact) mass is 334 g/mol. The van der Waals surface area contributed by atoms with Gasteiger partial charge in [0, 0.05) is 18.0 Å². The van der Waals surface area contributed by atoms with Crippen LogP contribution in [0.2, 0.25) is 0 Å². The molecule has 0 radical (unpaired) electrons. The van der Waals surface area contributed by atoms with Crippen LogP contribution >= 0.6 is 0 Å². The zero-order chi connectivity index (χ0) is 17.6. The van der Waals surface area contributed by atoms with Crippen molar-refractivity contribution >= 4 is 11.6 Å². The van der Waals surface area contributed by atoms with Crippen LogP contribution in [0.3, 0.4) is 0 Å². The van der Waals surface area contributed by atoms with Crippen LogP contribution in [-0.4, -0.2) is 18.0 Å². The maximum atomic E-state index is 12.6. The van der Waals surface area contributed by atoms with Crippen LogP contribution in [0.15, 0.2) is 67.0 Å². The maximum Gasteiger partial charge on any atom is 0.255 e. The topological polar surface area (TPSA) is 60.5 Å². The van der Waals surface area contributed by atoms with E-state index < -0.39 is 0 Å². The van der Waals surface area contributed by atoms with Gasteiger partial charge < -0.3 is 14.8 Å². The van der Waals surface area contributed by atoms with Gasteiger partial charge >= 0.3 is 0 Å². The molecule has 0 aliphatic rings. The van der Waals surface area contributed by atoms with Crippen LogP contribution in [-0.2, 0) is 0 Å². The van der Waals surface area contributed by atoms with Gasteiger partial charge in [-0.1, -0.05) is 12.1 Å². The molecule has 3 rings (SSSR count). The van der Waals surface area contributed by atoms with Crippen LogP contribution in [0.5, 0.6) is 17.2 Å². The number of benzene rings is 2. The normalized spacial score (nSPS) is 10.2. The van der Waals surface area contributed by atoms with Crippen molar-refractivity contribution in [1.29, 1.82) is 0 Å². The average molecular weight is 334 g/mol. The summed E-state index contributed by atoms with van der Waals surface area (Å²) in [6.45, 7) is 1.96. The summed E-state index contributed by atoms with van der Waals surface area (Å²) in [6, 6.07) is 16.1.